The summed E-state index contributed by atoms with van der Waals surface area (Å²) in [6.07, 6.45) is 1.05. The van der Waals surface area contributed by atoms with Crippen LogP contribution in [0.5, 0.6) is 0 Å². The number of amides is 8. The van der Waals surface area contributed by atoms with Gasteiger partial charge in [-0.25, -0.2) is 9.59 Å². The van der Waals surface area contributed by atoms with Gasteiger partial charge in [-0.3, -0.25) is 33.8 Å². The van der Waals surface area contributed by atoms with Crippen LogP contribution in [-0.4, -0.2) is 132 Å². The maximum absolute atomic E-state index is 14.7. The molecule has 0 saturated carbocycles. The van der Waals surface area contributed by atoms with Gasteiger partial charge in [0.2, 0.25) is 35.4 Å². The number of nitrogens with one attached hydrogen (secondary N) is 5. The first-order valence-electron chi connectivity index (χ1n) is 21.6. The predicted octanol–water partition coefficient (Wildman–Crippen LogP) is -0.118. The highest BCUT2D eigenvalue weighted by molar-refractivity contribution is 5.98. The Kier molecular flexibility index (Phi) is 21.0. The largest absolute Gasteiger partial charge is 0.480 e. The van der Waals surface area contributed by atoms with E-state index in [0.717, 1.165) is 10.5 Å². The van der Waals surface area contributed by atoms with Gasteiger partial charge in [0.1, 0.15) is 36.3 Å². The zero-order chi connectivity index (χ0) is 47.3. The molecule has 1 fully saturated rings. The van der Waals surface area contributed by atoms with Crippen LogP contribution in [-0.2, 0) is 46.4 Å². The fraction of sp³-hybridized carbons (Fsp3) is 0.523. The van der Waals surface area contributed by atoms with Gasteiger partial charge in [-0.15, -0.1) is 0 Å². The minimum absolute atomic E-state index is 0.0105. The van der Waals surface area contributed by atoms with Crippen LogP contribution in [0.25, 0.3) is 0 Å². The molecule has 8 amide bonds. The molecule has 7 unspecified atom stereocenters. The standard InChI is InChI=1S/C44H65N11O9/c1-5-27(2)36-41(61)54(3)33(22-21-28-15-8-6-9-16-28)40(60)55(4)34(26-35(45)56)39(59)50-32(25-29-17-10-7-11-18-29)37(57)48-23-13-12-19-30(38(58)53-36)51-44(64)52-31(42(62)63)20-14-24-49-43(46)47/h6-11,15-18,27,30-34,36H,5,12-14,19-26H2,1-4H3,(H2,45,56)(H,48,57)(H,50,59)(H,53,58)(H,62,63)(H4,46,47,49)(H2,51,52,64). The van der Waals surface area contributed by atoms with Gasteiger partial charge in [0.15, 0.2) is 5.96 Å². The summed E-state index contributed by atoms with van der Waals surface area (Å²) in [4.78, 5) is 115. The number of guanidine groups is 1. The van der Waals surface area contributed by atoms with Gasteiger partial charge >= 0.3 is 12.0 Å². The molecule has 0 bridgehead atoms. The Morgan fingerprint density at radius 3 is 2.06 bits per heavy atom. The Morgan fingerprint density at radius 2 is 1.47 bits per heavy atom. The van der Waals surface area contributed by atoms with Gasteiger partial charge in [0, 0.05) is 33.6 Å². The van der Waals surface area contributed by atoms with Crippen molar-refractivity contribution in [3.05, 3.63) is 71.8 Å². The number of carbonyl (C=O) groups is 8. The number of hydrogen-bond acceptors (Lipinski definition) is 9. The maximum Gasteiger partial charge on any atom is 0.326 e. The van der Waals surface area contributed by atoms with Crippen LogP contribution in [0.15, 0.2) is 65.7 Å². The normalized spacial score (nSPS) is 21.7. The fourth-order valence-corrected chi connectivity index (χ4v) is 7.25. The summed E-state index contributed by atoms with van der Waals surface area (Å²) >= 11 is 0. The van der Waals surface area contributed by atoms with Crippen molar-refractivity contribution in [2.75, 3.05) is 27.2 Å². The zero-order valence-corrected chi connectivity index (χ0v) is 37.1. The first-order chi connectivity index (χ1) is 30.4. The molecule has 0 aliphatic carbocycles. The molecule has 1 saturated heterocycles. The quantitative estimate of drug-likeness (QED) is 0.0608. The number of carboxylic acid groups (broad SMARTS) is 1. The molecule has 2 aromatic carbocycles. The van der Waals surface area contributed by atoms with Crippen molar-refractivity contribution in [1.82, 2.24) is 36.4 Å². The van der Waals surface area contributed by atoms with Crippen molar-refractivity contribution in [2.24, 2.45) is 28.1 Å². The number of carbonyl (C=O) groups excluding carboxylic acids is 7. The molecule has 0 spiro atoms. The monoisotopic (exact) mass is 891 g/mol. The minimum atomic E-state index is -1.47. The van der Waals surface area contributed by atoms with E-state index in [-0.39, 0.29) is 57.6 Å². The van der Waals surface area contributed by atoms with E-state index >= 15 is 0 Å². The summed E-state index contributed by atoms with van der Waals surface area (Å²) < 4.78 is 0. The predicted molar refractivity (Wildman–Crippen MR) is 239 cm³/mol. The van der Waals surface area contributed by atoms with E-state index in [1.54, 1.807) is 37.3 Å². The molecule has 64 heavy (non-hydrogen) atoms. The number of benzene rings is 2. The van der Waals surface area contributed by atoms with E-state index in [1.165, 1.54) is 19.0 Å². The highest BCUT2D eigenvalue weighted by Gasteiger charge is 2.40. The number of urea groups is 1. The van der Waals surface area contributed by atoms with Gasteiger partial charge in [-0.1, -0.05) is 80.9 Å². The lowest BCUT2D eigenvalue weighted by Gasteiger charge is -2.37. The first-order valence-corrected chi connectivity index (χ1v) is 21.6. The van der Waals surface area contributed by atoms with E-state index in [9.17, 15) is 43.5 Å². The molecule has 1 aliphatic heterocycles. The second-order valence-corrected chi connectivity index (χ2v) is 16.0. The molecule has 0 aromatic heterocycles. The molecule has 20 nitrogen and oxygen atoms in total. The average Bonchev–Trinajstić information content (AvgIpc) is 3.26. The molecule has 1 heterocycles. The number of carboxylic acids is 1. The van der Waals surface area contributed by atoms with E-state index in [2.05, 4.69) is 31.6 Å². The number of likely N-dealkylation sites (N-methyl/N-ethyl adjacent to an activating group) is 2. The van der Waals surface area contributed by atoms with E-state index in [0.29, 0.717) is 24.8 Å². The SMILES string of the molecule is CCC(C)C1NC(=O)C(NC(=O)NC(CCCN=C(N)N)C(=O)O)CCCCNC(=O)C(Cc2ccccc2)NC(=O)C(CC(N)=O)N(C)C(=O)C(CCc2ccccc2)N(C)C1=O. The number of rotatable bonds is 16. The van der Waals surface area contributed by atoms with Crippen molar-refractivity contribution in [2.45, 2.75) is 114 Å². The molecular formula is C44H65N11O9. The van der Waals surface area contributed by atoms with Crippen molar-refractivity contribution in [1.29, 1.82) is 0 Å². The number of hydrogen-bond donors (Lipinski definition) is 9. The summed E-state index contributed by atoms with van der Waals surface area (Å²) in [5.74, 6) is -6.31. The Labute approximate surface area is 373 Å². The zero-order valence-electron chi connectivity index (χ0n) is 37.1. The van der Waals surface area contributed by atoms with Crippen LogP contribution in [0.4, 0.5) is 4.79 Å². The fourth-order valence-electron chi connectivity index (χ4n) is 7.25. The molecular weight excluding hydrogens is 827 g/mol. The summed E-state index contributed by atoms with van der Waals surface area (Å²) in [6, 6.07) is 9.47. The average molecular weight is 892 g/mol. The number of nitrogens with zero attached hydrogens (tertiary/aromatic N) is 3. The molecule has 2 aromatic rings. The van der Waals surface area contributed by atoms with Gasteiger partial charge in [0.25, 0.3) is 0 Å². The van der Waals surface area contributed by atoms with Crippen molar-refractivity contribution >= 4 is 53.4 Å². The molecule has 12 N–H and O–H groups in total. The van der Waals surface area contributed by atoms with Gasteiger partial charge in [-0.2, -0.15) is 0 Å². The lowest BCUT2D eigenvalue weighted by Crippen LogP contribution is -2.61. The number of nitrogens with two attached hydrogens (primary N) is 3. The number of aliphatic carboxylic acids is 1. The van der Waals surface area contributed by atoms with Crippen molar-refractivity contribution in [3.8, 4) is 0 Å². The van der Waals surface area contributed by atoms with Crippen LogP contribution in [0.3, 0.4) is 0 Å². The third kappa shape index (κ3) is 16.5. The van der Waals surface area contributed by atoms with Crippen LogP contribution in [0, 0.1) is 5.92 Å². The molecule has 7 atom stereocenters. The van der Waals surface area contributed by atoms with Crippen LogP contribution >= 0.6 is 0 Å². The number of aryl methyl sites for hydroxylation is 1. The lowest BCUT2D eigenvalue weighted by atomic mass is 9.95. The van der Waals surface area contributed by atoms with Gasteiger partial charge < -0.3 is 58.7 Å². The van der Waals surface area contributed by atoms with E-state index in [1.807, 2.05) is 37.3 Å². The maximum atomic E-state index is 14.7. The summed E-state index contributed by atoms with van der Waals surface area (Å²) in [6.45, 7) is 3.77. The minimum Gasteiger partial charge on any atom is -0.480 e. The van der Waals surface area contributed by atoms with Gasteiger partial charge in [-0.05, 0) is 62.0 Å². The number of aliphatic imine (C=N–C) groups is 1. The molecule has 20 heteroatoms. The topological polar surface area (TPSA) is 314 Å². The molecule has 350 valence electrons. The molecule has 1 aliphatic rings. The Hall–Kier alpha value is -6.73. The second-order valence-electron chi connectivity index (χ2n) is 16.0. The Balaban J connectivity index is 2.07. The summed E-state index contributed by atoms with van der Waals surface area (Å²) in [5, 5.41) is 23.1. The van der Waals surface area contributed by atoms with Crippen LogP contribution in [0.2, 0.25) is 0 Å². The van der Waals surface area contributed by atoms with Gasteiger partial charge in [0.05, 0.1) is 6.42 Å². The first kappa shape index (κ1) is 51.6. The smallest absolute Gasteiger partial charge is 0.326 e. The molecule has 0 radical (unpaired) electrons. The summed E-state index contributed by atoms with van der Waals surface area (Å²) in [5.41, 5.74) is 17.9. The highest BCUT2D eigenvalue weighted by Crippen LogP contribution is 2.19. The Bertz CT molecular complexity index is 1930. The molecule has 3 rings (SSSR count). The number of primary amides is 1. The van der Waals surface area contributed by atoms with E-state index < -0.39 is 96.0 Å². The summed E-state index contributed by atoms with van der Waals surface area (Å²) in [7, 11) is 2.74. The van der Waals surface area contributed by atoms with Crippen LogP contribution < -0.4 is 43.8 Å². The Morgan fingerprint density at radius 1 is 0.844 bits per heavy atom. The van der Waals surface area contributed by atoms with E-state index in [4.69, 9.17) is 17.2 Å². The second kappa shape index (κ2) is 26.0. The van der Waals surface area contributed by atoms with Crippen molar-refractivity contribution in [3.63, 3.8) is 0 Å². The van der Waals surface area contributed by atoms with Crippen LogP contribution in [0.1, 0.15) is 76.3 Å². The van der Waals surface area contributed by atoms with Crippen molar-refractivity contribution < 1.29 is 43.5 Å². The highest BCUT2D eigenvalue weighted by atomic mass is 16.4. The third-order valence-electron chi connectivity index (χ3n) is 11.2. The third-order valence-corrected chi connectivity index (χ3v) is 11.2. The lowest BCUT2D eigenvalue weighted by molar-refractivity contribution is -0.150.